The highest BCUT2D eigenvalue weighted by Gasteiger charge is 2.38. The molecule has 4 heterocycles. The highest BCUT2D eigenvalue weighted by Crippen LogP contribution is 2.24. The average molecular weight is 471 g/mol. The monoisotopic (exact) mass is 471 g/mol. The molecule has 0 spiro atoms. The number of hydrogen-bond acceptors (Lipinski definition) is 6. The Hall–Kier alpha value is -2.89. The number of carboxylic acids is 1. The van der Waals surface area contributed by atoms with Crippen LogP contribution in [0.25, 0.3) is 0 Å². The SMILES string of the molecule is Cc1cc(CN2CCc3oc(C(=O)N4CCCC(C)C4)nc3C2)n(C)n1.O=C(O)C(F)(F)F. The van der Waals surface area contributed by atoms with Gasteiger partial charge in [-0.3, -0.25) is 14.4 Å². The molecule has 0 saturated carbocycles. The van der Waals surface area contributed by atoms with Crippen LogP contribution in [0.2, 0.25) is 0 Å². The summed E-state index contributed by atoms with van der Waals surface area (Å²) in [7, 11) is 1.98. The van der Waals surface area contributed by atoms with Crippen molar-refractivity contribution in [2.75, 3.05) is 19.6 Å². The van der Waals surface area contributed by atoms with Gasteiger partial charge in [0.2, 0.25) is 0 Å². The van der Waals surface area contributed by atoms with Crippen molar-refractivity contribution in [3.05, 3.63) is 34.8 Å². The van der Waals surface area contributed by atoms with Crippen molar-refractivity contribution in [2.24, 2.45) is 13.0 Å². The third kappa shape index (κ3) is 6.34. The Morgan fingerprint density at radius 1 is 1.30 bits per heavy atom. The summed E-state index contributed by atoms with van der Waals surface area (Å²) in [5.74, 6) is -1.12. The lowest BCUT2D eigenvalue weighted by atomic mass is 10.0. The van der Waals surface area contributed by atoms with Crippen LogP contribution in [-0.2, 0) is 31.4 Å². The number of aliphatic carboxylic acids is 1. The molecule has 1 saturated heterocycles. The third-order valence-electron chi connectivity index (χ3n) is 5.66. The number of aryl methyl sites for hydroxylation is 2. The molecule has 9 nitrogen and oxygen atoms in total. The van der Waals surface area contributed by atoms with E-state index in [0.717, 1.165) is 56.2 Å². The van der Waals surface area contributed by atoms with E-state index in [1.54, 1.807) is 0 Å². The van der Waals surface area contributed by atoms with Crippen LogP contribution < -0.4 is 0 Å². The average Bonchev–Trinajstić information content (AvgIpc) is 3.29. The fourth-order valence-electron chi connectivity index (χ4n) is 4.03. The Morgan fingerprint density at radius 2 is 2.00 bits per heavy atom. The predicted octanol–water partition coefficient (Wildman–Crippen LogP) is 2.78. The van der Waals surface area contributed by atoms with Crippen molar-refractivity contribution < 1.29 is 32.3 Å². The van der Waals surface area contributed by atoms with Crippen molar-refractivity contribution in [1.29, 1.82) is 0 Å². The van der Waals surface area contributed by atoms with Gasteiger partial charge in [-0.25, -0.2) is 9.78 Å². The lowest BCUT2D eigenvalue weighted by Gasteiger charge is -2.29. The molecule has 0 aliphatic carbocycles. The zero-order valence-electron chi connectivity index (χ0n) is 18.9. The van der Waals surface area contributed by atoms with E-state index in [0.29, 0.717) is 12.5 Å². The van der Waals surface area contributed by atoms with Crippen LogP contribution in [0.5, 0.6) is 0 Å². The van der Waals surface area contributed by atoms with Gasteiger partial charge in [-0.15, -0.1) is 0 Å². The molecular weight excluding hydrogens is 443 g/mol. The van der Waals surface area contributed by atoms with Crippen LogP contribution in [-0.4, -0.2) is 67.4 Å². The van der Waals surface area contributed by atoms with Gasteiger partial charge in [-0.1, -0.05) is 6.92 Å². The van der Waals surface area contributed by atoms with Crippen LogP contribution in [0.15, 0.2) is 10.5 Å². The normalized spacial score (nSPS) is 19.0. The molecule has 1 N–H and O–H groups in total. The molecule has 2 aliphatic rings. The zero-order chi connectivity index (χ0) is 24.3. The standard InChI is InChI=1S/C19H27N5O2.C2HF3O2/c1-13-5-4-7-24(10-13)19(25)18-20-16-12-23(8-6-17(16)26-18)11-15-9-14(2)21-22(15)3;3-2(4,5)1(6)7/h9,13H,4-8,10-12H2,1-3H3;(H,6,7). The number of halogens is 3. The first kappa shape index (κ1) is 24.7. The number of carbonyl (C=O) groups excluding carboxylic acids is 1. The third-order valence-corrected chi connectivity index (χ3v) is 5.66. The van der Waals surface area contributed by atoms with E-state index in [1.807, 2.05) is 23.6 Å². The number of carbonyl (C=O) groups is 2. The zero-order valence-corrected chi connectivity index (χ0v) is 18.9. The lowest BCUT2D eigenvalue weighted by molar-refractivity contribution is -0.192. The molecule has 0 bridgehead atoms. The topological polar surface area (TPSA) is 105 Å². The van der Waals surface area contributed by atoms with Crippen LogP contribution in [0.3, 0.4) is 0 Å². The maximum absolute atomic E-state index is 12.7. The summed E-state index contributed by atoms with van der Waals surface area (Å²) >= 11 is 0. The Bertz CT molecular complexity index is 1000. The summed E-state index contributed by atoms with van der Waals surface area (Å²) in [5.41, 5.74) is 3.13. The van der Waals surface area contributed by atoms with E-state index in [-0.39, 0.29) is 11.8 Å². The molecular formula is C21H28F3N5O4. The summed E-state index contributed by atoms with van der Waals surface area (Å²) in [6.45, 7) is 8.26. The maximum atomic E-state index is 12.7. The van der Waals surface area contributed by atoms with Crippen LogP contribution in [0.1, 0.15) is 53.3 Å². The largest absolute Gasteiger partial charge is 0.490 e. The van der Waals surface area contributed by atoms with E-state index in [2.05, 4.69) is 28.0 Å². The van der Waals surface area contributed by atoms with Crippen molar-refractivity contribution in [3.8, 4) is 0 Å². The number of carboxylic acid groups (broad SMARTS) is 1. The lowest BCUT2D eigenvalue weighted by Crippen LogP contribution is -2.39. The van der Waals surface area contributed by atoms with Crippen LogP contribution in [0.4, 0.5) is 13.2 Å². The Balaban J connectivity index is 0.000000383. The van der Waals surface area contributed by atoms with Gasteiger partial charge in [-0.05, 0) is 31.7 Å². The highest BCUT2D eigenvalue weighted by atomic mass is 19.4. The second-order valence-corrected chi connectivity index (χ2v) is 8.55. The van der Waals surface area contributed by atoms with Gasteiger partial charge < -0.3 is 14.4 Å². The van der Waals surface area contributed by atoms with E-state index in [1.165, 1.54) is 12.1 Å². The molecule has 182 valence electrons. The number of amides is 1. The van der Waals surface area contributed by atoms with E-state index in [9.17, 15) is 18.0 Å². The second-order valence-electron chi connectivity index (χ2n) is 8.55. The molecule has 1 unspecified atom stereocenters. The van der Waals surface area contributed by atoms with Gasteiger partial charge in [-0.2, -0.15) is 18.3 Å². The van der Waals surface area contributed by atoms with E-state index >= 15 is 0 Å². The Kier molecular flexibility index (Phi) is 7.45. The van der Waals surface area contributed by atoms with Gasteiger partial charge >= 0.3 is 18.1 Å². The number of hydrogen-bond donors (Lipinski definition) is 1. The minimum Gasteiger partial charge on any atom is -0.475 e. The van der Waals surface area contributed by atoms with Crippen molar-refractivity contribution in [3.63, 3.8) is 0 Å². The van der Waals surface area contributed by atoms with Crippen molar-refractivity contribution in [1.82, 2.24) is 24.6 Å². The summed E-state index contributed by atoms with van der Waals surface area (Å²) in [6.07, 6.45) is -2.04. The number of nitrogens with zero attached hydrogens (tertiary/aromatic N) is 5. The van der Waals surface area contributed by atoms with E-state index < -0.39 is 12.1 Å². The van der Waals surface area contributed by atoms with Crippen LogP contribution >= 0.6 is 0 Å². The molecule has 4 rings (SSSR count). The van der Waals surface area contributed by atoms with Gasteiger partial charge in [0.05, 0.1) is 17.1 Å². The molecule has 2 aliphatic heterocycles. The first-order valence-electron chi connectivity index (χ1n) is 10.7. The number of fused-ring (bicyclic) bond motifs is 1. The Morgan fingerprint density at radius 3 is 2.58 bits per heavy atom. The van der Waals surface area contributed by atoms with Gasteiger partial charge in [0.15, 0.2) is 0 Å². The molecule has 2 aromatic rings. The number of piperidine rings is 1. The number of likely N-dealkylation sites (tertiary alicyclic amines) is 1. The van der Waals surface area contributed by atoms with Crippen LogP contribution in [0, 0.1) is 12.8 Å². The summed E-state index contributed by atoms with van der Waals surface area (Å²) in [6, 6.07) is 2.12. The molecule has 2 aromatic heterocycles. The molecule has 1 amide bonds. The summed E-state index contributed by atoms with van der Waals surface area (Å²) in [4.78, 5) is 30.4. The summed E-state index contributed by atoms with van der Waals surface area (Å²) < 4.78 is 39.5. The highest BCUT2D eigenvalue weighted by molar-refractivity contribution is 5.89. The predicted molar refractivity (Wildman–Crippen MR) is 110 cm³/mol. The van der Waals surface area contributed by atoms with Gasteiger partial charge in [0.25, 0.3) is 5.89 Å². The molecule has 33 heavy (non-hydrogen) atoms. The van der Waals surface area contributed by atoms with Crippen molar-refractivity contribution in [2.45, 2.75) is 52.4 Å². The first-order chi connectivity index (χ1) is 15.4. The second kappa shape index (κ2) is 9.94. The smallest absolute Gasteiger partial charge is 0.475 e. The molecule has 12 heteroatoms. The molecule has 1 atom stereocenters. The molecule has 0 aromatic carbocycles. The first-order valence-corrected chi connectivity index (χ1v) is 10.7. The molecule has 0 radical (unpaired) electrons. The number of oxazole rings is 1. The minimum atomic E-state index is -5.08. The number of aromatic nitrogens is 3. The van der Waals surface area contributed by atoms with Crippen molar-refractivity contribution >= 4 is 11.9 Å². The fourth-order valence-corrected chi connectivity index (χ4v) is 4.03. The Labute approximate surface area is 189 Å². The summed E-state index contributed by atoms with van der Waals surface area (Å²) in [5, 5.41) is 11.5. The van der Waals surface area contributed by atoms with E-state index in [4.69, 9.17) is 14.3 Å². The number of rotatable bonds is 3. The minimum absolute atomic E-state index is 0.0558. The van der Waals surface area contributed by atoms with Gasteiger partial charge in [0.1, 0.15) is 5.76 Å². The fraction of sp³-hybridized carbons (Fsp3) is 0.619. The van der Waals surface area contributed by atoms with Gasteiger partial charge in [0, 0.05) is 46.2 Å². The number of alkyl halides is 3. The maximum Gasteiger partial charge on any atom is 0.490 e. The quantitative estimate of drug-likeness (QED) is 0.734. The molecule has 1 fully saturated rings.